The lowest BCUT2D eigenvalue weighted by Gasteiger charge is -2.25. The van der Waals surface area contributed by atoms with E-state index < -0.39 is 6.10 Å². The first-order valence-corrected chi connectivity index (χ1v) is 5.07. The first-order chi connectivity index (χ1) is 6.79. The van der Waals surface area contributed by atoms with Gasteiger partial charge in [0.25, 0.3) is 0 Å². The van der Waals surface area contributed by atoms with Gasteiger partial charge in [-0.25, -0.2) is 0 Å². The molecule has 0 bridgehead atoms. The minimum Gasteiger partial charge on any atom is -0.385 e. The van der Waals surface area contributed by atoms with E-state index in [0.29, 0.717) is 11.9 Å². The Morgan fingerprint density at radius 1 is 1.57 bits per heavy atom. The Labute approximate surface area is 83.2 Å². The molecule has 1 aliphatic heterocycles. The van der Waals surface area contributed by atoms with Crippen molar-refractivity contribution in [2.24, 2.45) is 0 Å². The first kappa shape index (κ1) is 9.61. The molecule has 0 aromatic carbocycles. The Balaban J connectivity index is 2.17. The highest BCUT2D eigenvalue weighted by Crippen LogP contribution is 2.21. The molecule has 2 heterocycles. The lowest BCUT2D eigenvalue weighted by molar-refractivity contribution is 0.177. The van der Waals surface area contributed by atoms with Gasteiger partial charge in [0.05, 0.1) is 0 Å². The van der Waals surface area contributed by atoms with Crippen LogP contribution in [0.4, 0.5) is 0 Å². The maximum absolute atomic E-state index is 9.49. The Morgan fingerprint density at radius 2 is 2.29 bits per heavy atom. The third-order valence-electron chi connectivity index (χ3n) is 2.68. The lowest BCUT2D eigenvalue weighted by atomic mass is 10.1. The molecule has 78 valence electrons. The predicted molar refractivity (Wildman–Crippen MR) is 51.8 cm³/mol. The molecule has 1 aliphatic rings. The second-order valence-corrected chi connectivity index (χ2v) is 3.75. The molecule has 0 saturated carbocycles. The molecule has 0 amide bonds. The molecule has 5 nitrogen and oxygen atoms in total. The Bertz CT molecular complexity index is 291. The molecule has 0 aliphatic carbocycles. The molecular formula is C9H16N4O. The van der Waals surface area contributed by atoms with Gasteiger partial charge in [0.15, 0.2) is 5.82 Å². The van der Waals surface area contributed by atoms with Gasteiger partial charge in [0.2, 0.25) is 0 Å². The van der Waals surface area contributed by atoms with E-state index in [0.717, 1.165) is 25.9 Å². The second-order valence-electron chi connectivity index (χ2n) is 3.75. The summed E-state index contributed by atoms with van der Waals surface area (Å²) in [5, 5.41) is 20.6. The topological polar surface area (TPSA) is 63.0 Å². The molecule has 0 spiro atoms. The van der Waals surface area contributed by atoms with Crippen LogP contribution in [0.25, 0.3) is 0 Å². The number of rotatable bonds is 2. The van der Waals surface area contributed by atoms with Gasteiger partial charge >= 0.3 is 0 Å². The van der Waals surface area contributed by atoms with E-state index in [1.807, 2.05) is 4.57 Å². The number of piperidine rings is 1. The smallest absolute Gasteiger partial charge is 0.161 e. The fourth-order valence-corrected chi connectivity index (χ4v) is 1.92. The highest BCUT2D eigenvalue weighted by Gasteiger charge is 2.19. The van der Waals surface area contributed by atoms with Crippen LogP contribution in [0.5, 0.6) is 0 Å². The number of aliphatic hydroxyl groups excluding tert-OH is 1. The summed E-state index contributed by atoms with van der Waals surface area (Å²) < 4.78 is 2.01. The van der Waals surface area contributed by atoms with E-state index in [4.69, 9.17) is 0 Å². The SMILES string of the molecule is CC(O)c1nncn1C1CCNCC1. The van der Waals surface area contributed by atoms with Crippen molar-refractivity contribution in [2.45, 2.75) is 31.9 Å². The second kappa shape index (κ2) is 4.06. The fourth-order valence-electron chi connectivity index (χ4n) is 1.92. The number of nitrogens with zero attached hydrogens (tertiary/aromatic N) is 3. The maximum Gasteiger partial charge on any atom is 0.161 e. The first-order valence-electron chi connectivity index (χ1n) is 5.07. The molecule has 1 aromatic heterocycles. The zero-order valence-electron chi connectivity index (χ0n) is 8.35. The molecule has 1 saturated heterocycles. The van der Waals surface area contributed by atoms with E-state index in [1.54, 1.807) is 13.3 Å². The van der Waals surface area contributed by atoms with Gasteiger partial charge in [-0.15, -0.1) is 10.2 Å². The van der Waals surface area contributed by atoms with Gasteiger partial charge in [-0.3, -0.25) is 0 Å². The number of aromatic nitrogens is 3. The maximum atomic E-state index is 9.49. The summed E-state index contributed by atoms with van der Waals surface area (Å²) >= 11 is 0. The predicted octanol–water partition coefficient (Wildman–Crippen LogP) is 0.256. The Morgan fingerprint density at radius 3 is 2.93 bits per heavy atom. The van der Waals surface area contributed by atoms with Gasteiger partial charge in [-0.2, -0.15) is 0 Å². The summed E-state index contributed by atoms with van der Waals surface area (Å²) in [5.74, 6) is 0.678. The zero-order chi connectivity index (χ0) is 9.97. The molecule has 1 unspecified atom stereocenters. The van der Waals surface area contributed by atoms with Crippen LogP contribution in [0.3, 0.4) is 0 Å². The van der Waals surface area contributed by atoms with Crippen molar-refractivity contribution in [2.75, 3.05) is 13.1 Å². The summed E-state index contributed by atoms with van der Waals surface area (Å²) in [6.07, 6.45) is 3.35. The molecule has 0 radical (unpaired) electrons. The minimum absolute atomic E-state index is 0.441. The molecule has 2 N–H and O–H groups in total. The van der Waals surface area contributed by atoms with Crippen LogP contribution in [0, 0.1) is 0 Å². The summed E-state index contributed by atoms with van der Waals surface area (Å²) in [5.41, 5.74) is 0. The van der Waals surface area contributed by atoms with Gasteiger partial charge in [0.1, 0.15) is 12.4 Å². The van der Waals surface area contributed by atoms with Crippen LogP contribution in [-0.4, -0.2) is 33.0 Å². The van der Waals surface area contributed by atoms with E-state index >= 15 is 0 Å². The Hall–Kier alpha value is -0.940. The molecule has 5 heteroatoms. The van der Waals surface area contributed by atoms with Crippen molar-refractivity contribution < 1.29 is 5.11 Å². The van der Waals surface area contributed by atoms with Crippen molar-refractivity contribution in [3.05, 3.63) is 12.2 Å². The number of hydrogen-bond acceptors (Lipinski definition) is 4. The third-order valence-corrected chi connectivity index (χ3v) is 2.68. The summed E-state index contributed by atoms with van der Waals surface area (Å²) in [7, 11) is 0. The number of aliphatic hydroxyl groups is 1. The average Bonchev–Trinajstić information content (AvgIpc) is 2.67. The van der Waals surface area contributed by atoms with Crippen LogP contribution in [0.1, 0.15) is 37.7 Å². The molecule has 1 fully saturated rings. The van der Waals surface area contributed by atoms with E-state index in [1.165, 1.54) is 0 Å². The minimum atomic E-state index is -0.535. The van der Waals surface area contributed by atoms with Gasteiger partial charge in [-0.05, 0) is 32.9 Å². The summed E-state index contributed by atoms with van der Waals surface area (Å²) in [6.45, 7) is 3.78. The van der Waals surface area contributed by atoms with Crippen molar-refractivity contribution in [1.82, 2.24) is 20.1 Å². The van der Waals surface area contributed by atoms with E-state index in [2.05, 4.69) is 15.5 Å². The summed E-state index contributed by atoms with van der Waals surface area (Å²) in [6, 6.07) is 0.441. The van der Waals surface area contributed by atoms with Crippen LogP contribution in [0.15, 0.2) is 6.33 Å². The van der Waals surface area contributed by atoms with E-state index in [9.17, 15) is 5.11 Å². The van der Waals surface area contributed by atoms with Crippen molar-refractivity contribution in [3.63, 3.8) is 0 Å². The van der Waals surface area contributed by atoms with Gasteiger partial charge in [0, 0.05) is 6.04 Å². The van der Waals surface area contributed by atoms with Crippen LogP contribution in [-0.2, 0) is 0 Å². The monoisotopic (exact) mass is 196 g/mol. The summed E-state index contributed by atoms with van der Waals surface area (Å²) in [4.78, 5) is 0. The average molecular weight is 196 g/mol. The number of hydrogen-bond donors (Lipinski definition) is 2. The highest BCUT2D eigenvalue weighted by molar-refractivity contribution is 4.93. The molecule has 1 aromatic rings. The van der Waals surface area contributed by atoms with Crippen molar-refractivity contribution in [3.8, 4) is 0 Å². The quantitative estimate of drug-likeness (QED) is 0.712. The van der Waals surface area contributed by atoms with Crippen LogP contribution < -0.4 is 5.32 Å². The molecule has 14 heavy (non-hydrogen) atoms. The standard InChI is InChI=1S/C9H16N4O/c1-7(14)9-12-11-6-13(9)8-2-4-10-5-3-8/h6-8,10,14H,2-5H2,1H3. The number of nitrogens with one attached hydrogen (secondary N) is 1. The third kappa shape index (κ3) is 1.78. The van der Waals surface area contributed by atoms with Crippen molar-refractivity contribution in [1.29, 1.82) is 0 Å². The Kier molecular flexibility index (Phi) is 2.79. The fraction of sp³-hybridized carbons (Fsp3) is 0.778. The highest BCUT2D eigenvalue weighted by atomic mass is 16.3. The molecule has 1 atom stereocenters. The van der Waals surface area contributed by atoms with Crippen LogP contribution >= 0.6 is 0 Å². The molecular weight excluding hydrogens is 180 g/mol. The van der Waals surface area contributed by atoms with Crippen molar-refractivity contribution >= 4 is 0 Å². The van der Waals surface area contributed by atoms with E-state index in [-0.39, 0.29) is 0 Å². The van der Waals surface area contributed by atoms with Gasteiger partial charge < -0.3 is 15.0 Å². The van der Waals surface area contributed by atoms with Crippen LogP contribution in [0.2, 0.25) is 0 Å². The zero-order valence-corrected chi connectivity index (χ0v) is 8.35. The largest absolute Gasteiger partial charge is 0.385 e. The lowest BCUT2D eigenvalue weighted by Crippen LogP contribution is -2.30. The normalized spacial score (nSPS) is 21.0. The molecule has 2 rings (SSSR count). The van der Waals surface area contributed by atoms with Gasteiger partial charge in [-0.1, -0.05) is 0 Å².